The van der Waals surface area contributed by atoms with Crippen molar-refractivity contribution in [2.24, 2.45) is 5.41 Å². The third-order valence-electron chi connectivity index (χ3n) is 3.86. The molecule has 1 aromatic rings. The summed E-state index contributed by atoms with van der Waals surface area (Å²) < 4.78 is 11.1. The first-order valence-electron chi connectivity index (χ1n) is 7.38. The third kappa shape index (κ3) is 3.08. The quantitative estimate of drug-likeness (QED) is 0.829. The van der Waals surface area contributed by atoms with Gasteiger partial charge in [0.05, 0.1) is 6.42 Å². The minimum Gasteiger partial charge on any atom is -0.367 e. The van der Waals surface area contributed by atoms with Gasteiger partial charge in [-0.15, -0.1) is 0 Å². The Morgan fingerprint density at radius 1 is 1.35 bits per heavy atom. The highest BCUT2D eigenvalue weighted by molar-refractivity contribution is 5.84. The van der Waals surface area contributed by atoms with E-state index in [2.05, 4.69) is 10.1 Å². The fourth-order valence-corrected chi connectivity index (χ4v) is 2.57. The molecule has 0 spiro atoms. The van der Waals surface area contributed by atoms with E-state index in [1.165, 1.54) is 0 Å². The summed E-state index contributed by atoms with van der Waals surface area (Å²) in [7, 11) is 0. The minimum absolute atomic E-state index is 0.101. The molecular weight excluding hydrogens is 256 g/mol. The summed E-state index contributed by atoms with van der Waals surface area (Å²) in [6.07, 6.45) is 4.27. The lowest BCUT2D eigenvalue weighted by Gasteiger charge is -2.24. The summed E-state index contributed by atoms with van der Waals surface area (Å²) in [5.74, 6) is 1.10. The lowest BCUT2D eigenvalue weighted by molar-refractivity contribution is -0.125. The van der Waals surface area contributed by atoms with Crippen LogP contribution in [0.15, 0.2) is 4.52 Å². The number of hydrogen-bond donors (Lipinski definition) is 0. The van der Waals surface area contributed by atoms with Crippen LogP contribution in [0.2, 0.25) is 0 Å². The smallest absolute Gasteiger partial charge is 0.234 e. The molecule has 1 fully saturated rings. The van der Waals surface area contributed by atoms with E-state index in [4.69, 9.17) is 9.26 Å². The molecule has 2 rings (SSSR count). The number of carbonyl (C=O) groups excluding carboxylic acids is 1. The maximum atomic E-state index is 12.0. The first-order valence-corrected chi connectivity index (χ1v) is 7.38. The second-order valence-corrected chi connectivity index (χ2v) is 6.50. The molecule has 1 aliphatic rings. The topological polar surface area (TPSA) is 65.2 Å². The van der Waals surface area contributed by atoms with E-state index < -0.39 is 5.60 Å². The number of ketones is 1. The van der Waals surface area contributed by atoms with E-state index in [1.54, 1.807) is 0 Å². The number of hydrogen-bond acceptors (Lipinski definition) is 5. The SMILES string of the molecule is CCOC1(c2noc(CC(=O)C(C)(C)C)n2)CCCC1. The Hall–Kier alpha value is -1.23. The molecule has 0 N–H and O–H groups in total. The van der Waals surface area contributed by atoms with E-state index in [-0.39, 0.29) is 17.6 Å². The zero-order valence-corrected chi connectivity index (χ0v) is 12.9. The largest absolute Gasteiger partial charge is 0.367 e. The molecule has 1 aliphatic carbocycles. The van der Waals surface area contributed by atoms with Gasteiger partial charge in [-0.2, -0.15) is 4.98 Å². The van der Waals surface area contributed by atoms with Crippen molar-refractivity contribution in [3.63, 3.8) is 0 Å². The van der Waals surface area contributed by atoms with Crippen molar-refractivity contribution in [2.75, 3.05) is 6.61 Å². The first kappa shape index (κ1) is 15.2. The number of aromatic nitrogens is 2. The zero-order valence-electron chi connectivity index (χ0n) is 12.9. The van der Waals surface area contributed by atoms with Gasteiger partial charge >= 0.3 is 0 Å². The number of rotatable bonds is 5. The Kier molecular flexibility index (Phi) is 4.28. The fourth-order valence-electron chi connectivity index (χ4n) is 2.57. The number of carbonyl (C=O) groups is 1. The predicted octanol–water partition coefficient (Wildman–Crippen LogP) is 3.03. The standard InChI is InChI=1S/C15H24N2O3/c1-5-19-15(8-6-7-9-15)13-16-12(20-17-13)10-11(18)14(2,3)4/h5-10H2,1-4H3. The minimum atomic E-state index is -0.402. The van der Waals surface area contributed by atoms with Crippen molar-refractivity contribution < 1.29 is 14.1 Å². The highest BCUT2D eigenvalue weighted by Gasteiger charge is 2.41. The molecule has 20 heavy (non-hydrogen) atoms. The zero-order chi connectivity index (χ0) is 14.8. The van der Waals surface area contributed by atoms with Crippen molar-refractivity contribution in [3.8, 4) is 0 Å². The van der Waals surface area contributed by atoms with Crippen molar-refractivity contribution in [1.29, 1.82) is 0 Å². The van der Waals surface area contributed by atoms with Crippen LogP contribution in [0.25, 0.3) is 0 Å². The van der Waals surface area contributed by atoms with Crippen LogP contribution in [0.3, 0.4) is 0 Å². The Bertz CT molecular complexity index is 468. The maximum Gasteiger partial charge on any atom is 0.234 e. The maximum absolute atomic E-state index is 12.0. The van der Waals surface area contributed by atoms with E-state index in [0.29, 0.717) is 18.3 Å². The van der Waals surface area contributed by atoms with Crippen molar-refractivity contribution >= 4 is 5.78 Å². The van der Waals surface area contributed by atoms with Gasteiger partial charge in [0.1, 0.15) is 11.4 Å². The van der Waals surface area contributed by atoms with Crippen LogP contribution in [0.5, 0.6) is 0 Å². The average Bonchev–Trinajstić information content (AvgIpc) is 2.98. The van der Waals surface area contributed by atoms with E-state index >= 15 is 0 Å². The Morgan fingerprint density at radius 2 is 2.00 bits per heavy atom. The summed E-state index contributed by atoms with van der Waals surface area (Å²) in [6, 6.07) is 0. The van der Waals surface area contributed by atoms with E-state index in [0.717, 1.165) is 25.7 Å². The summed E-state index contributed by atoms with van der Waals surface area (Å²) in [6.45, 7) is 8.29. The highest BCUT2D eigenvalue weighted by Crippen LogP contribution is 2.40. The van der Waals surface area contributed by atoms with Gasteiger partial charge in [0, 0.05) is 12.0 Å². The number of nitrogens with zero attached hydrogens (tertiary/aromatic N) is 2. The lowest BCUT2D eigenvalue weighted by Crippen LogP contribution is -2.28. The van der Waals surface area contributed by atoms with Crippen molar-refractivity contribution in [2.45, 2.75) is 65.4 Å². The van der Waals surface area contributed by atoms with Crippen LogP contribution in [0.1, 0.15) is 65.1 Å². The monoisotopic (exact) mass is 280 g/mol. The molecule has 0 bridgehead atoms. The van der Waals surface area contributed by atoms with Crippen LogP contribution in [-0.4, -0.2) is 22.5 Å². The highest BCUT2D eigenvalue weighted by atomic mass is 16.5. The molecule has 0 unspecified atom stereocenters. The molecule has 0 saturated heterocycles. The molecule has 112 valence electrons. The second kappa shape index (κ2) is 5.64. The molecule has 0 amide bonds. The molecule has 1 saturated carbocycles. The van der Waals surface area contributed by atoms with E-state index in [1.807, 2.05) is 27.7 Å². The van der Waals surface area contributed by atoms with Crippen LogP contribution in [0.4, 0.5) is 0 Å². The Morgan fingerprint density at radius 3 is 2.55 bits per heavy atom. The van der Waals surface area contributed by atoms with Gasteiger partial charge in [-0.05, 0) is 32.6 Å². The van der Waals surface area contributed by atoms with Gasteiger partial charge in [0.25, 0.3) is 0 Å². The van der Waals surface area contributed by atoms with Gasteiger partial charge in [-0.3, -0.25) is 4.79 Å². The average molecular weight is 280 g/mol. The molecule has 0 aromatic carbocycles. The van der Waals surface area contributed by atoms with Crippen molar-refractivity contribution in [3.05, 3.63) is 11.7 Å². The molecule has 1 heterocycles. The lowest BCUT2D eigenvalue weighted by atomic mass is 9.89. The summed E-state index contributed by atoms with van der Waals surface area (Å²) >= 11 is 0. The van der Waals surface area contributed by atoms with Crippen LogP contribution < -0.4 is 0 Å². The second-order valence-electron chi connectivity index (χ2n) is 6.50. The van der Waals surface area contributed by atoms with Gasteiger partial charge in [0.2, 0.25) is 11.7 Å². The number of Topliss-reactive ketones (excluding diaryl/α,β-unsaturated/α-hetero) is 1. The summed E-state index contributed by atoms with van der Waals surface area (Å²) in [4.78, 5) is 16.4. The molecule has 1 aromatic heterocycles. The predicted molar refractivity (Wildman–Crippen MR) is 74.2 cm³/mol. The number of ether oxygens (including phenoxy) is 1. The molecule has 5 heteroatoms. The summed E-state index contributed by atoms with van der Waals surface area (Å²) in [5.41, 5.74) is -0.791. The molecule has 0 atom stereocenters. The third-order valence-corrected chi connectivity index (χ3v) is 3.86. The normalized spacial score (nSPS) is 18.4. The Labute approximate surface area is 120 Å². The van der Waals surface area contributed by atoms with Gasteiger partial charge in [0.15, 0.2) is 0 Å². The van der Waals surface area contributed by atoms with Crippen LogP contribution >= 0.6 is 0 Å². The molecule has 0 radical (unpaired) electrons. The van der Waals surface area contributed by atoms with E-state index in [9.17, 15) is 4.79 Å². The Balaban J connectivity index is 2.14. The first-order chi connectivity index (χ1) is 9.37. The van der Waals surface area contributed by atoms with Gasteiger partial charge in [-0.25, -0.2) is 0 Å². The van der Waals surface area contributed by atoms with Crippen LogP contribution in [0, 0.1) is 5.41 Å². The fraction of sp³-hybridized carbons (Fsp3) is 0.800. The molecule has 5 nitrogen and oxygen atoms in total. The van der Waals surface area contributed by atoms with Gasteiger partial charge < -0.3 is 9.26 Å². The van der Waals surface area contributed by atoms with Crippen molar-refractivity contribution in [1.82, 2.24) is 10.1 Å². The van der Waals surface area contributed by atoms with Gasteiger partial charge in [-0.1, -0.05) is 25.9 Å². The summed E-state index contributed by atoms with van der Waals surface area (Å²) in [5, 5.41) is 4.06. The molecular formula is C15H24N2O3. The van der Waals surface area contributed by atoms with Crippen LogP contribution in [-0.2, 0) is 21.6 Å². The molecule has 0 aliphatic heterocycles.